The highest BCUT2D eigenvalue weighted by atomic mass is 16.5. The van der Waals surface area contributed by atoms with Gasteiger partial charge in [0, 0.05) is 38.1 Å². The second-order valence-electron chi connectivity index (χ2n) is 6.91. The lowest BCUT2D eigenvalue weighted by Crippen LogP contribution is -2.45. The molecule has 2 saturated heterocycles. The first-order chi connectivity index (χ1) is 12.2. The summed E-state index contributed by atoms with van der Waals surface area (Å²) >= 11 is 0. The summed E-state index contributed by atoms with van der Waals surface area (Å²) in [5.74, 6) is 1.89. The minimum atomic E-state index is 0.000347. The first-order valence-corrected chi connectivity index (χ1v) is 8.97. The second-order valence-corrected chi connectivity index (χ2v) is 6.91. The maximum Gasteiger partial charge on any atom is 0.228 e. The molecule has 2 aromatic heterocycles. The van der Waals surface area contributed by atoms with E-state index in [1.807, 2.05) is 17.9 Å². The van der Waals surface area contributed by atoms with Crippen molar-refractivity contribution in [2.75, 3.05) is 24.5 Å². The van der Waals surface area contributed by atoms with Crippen LogP contribution < -0.4 is 4.90 Å². The monoisotopic (exact) mass is 341 g/mol. The van der Waals surface area contributed by atoms with Crippen LogP contribution in [0.25, 0.3) is 0 Å². The van der Waals surface area contributed by atoms with E-state index in [0.29, 0.717) is 6.54 Å². The van der Waals surface area contributed by atoms with Crippen LogP contribution in [-0.2, 0) is 4.79 Å². The summed E-state index contributed by atoms with van der Waals surface area (Å²) < 4.78 is 5.43. The number of aromatic nitrogens is 3. The fraction of sp³-hybridized carbons (Fsp3) is 0.556. The number of rotatable bonds is 3. The molecule has 0 saturated carbocycles. The van der Waals surface area contributed by atoms with Crippen LogP contribution in [0, 0.1) is 12.8 Å². The molecule has 0 N–H and O–H groups in total. The standard InChI is InChI=1S/C18H23N5O2/c1-13-10-16(25-21-13)15-5-3-9-23(15)18(24)14-4-2-8-22(12-14)17-11-19-6-7-20-17/h6-7,10-11,14-15H,2-5,8-9,12H2,1H3/t14-,15-/m0/s1. The van der Waals surface area contributed by atoms with Crippen molar-refractivity contribution in [2.24, 2.45) is 5.92 Å². The maximum atomic E-state index is 13.2. The molecular formula is C18H23N5O2. The van der Waals surface area contributed by atoms with Crippen LogP contribution in [0.1, 0.15) is 43.2 Å². The van der Waals surface area contributed by atoms with E-state index < -0.39 is 0 Å². The summed E-state index contributed by atoms with van der Waals surface area (Å²) in [5.41, 5.74) is 0.862. The van der Waals surface area contributed by atoms with Crippen LogP contribution in [-0.4, -0.2) is 45.6 Å². The molecule has 0 aromatic carbocycles. The van der Waals surface area contributed by atoms with Gasteiger partial charge in [-0.1, -0.05) is 5.16 Å². The number of hydrogen-bond acceptors (Lipinski definition) is 6. The average Bonchev–Trinajstić information content (AvgIpc) is 3.30. The van der Waals surface area contributed by atoms with E-state index in [9.17, 15) is 4.79 Å². The highest BCUT2D eigenvalue weighted by Crippen LogP contribution is 2.35. The number of aryl methyl sites for hydroxylation is 1. The van der Waals surface area contributed by atoms with Gasteiger partial charge in [-0.05, 0) is 32.6 Å². The molecule has 0 spiro atoms. The smallest absolute Gasteiger partial charge is 0.228 e. The number of amides is 1. The molecule has 0 aliphatic carbocycles. The number of piperidine rings is 1. The van der Waals surface area contributed by atoms with Gasteiger partial charge in [0.15, 0.2) is 5.76 Å². The molecule has 7 nitrogen and oxygen atoms in total. The van der Waals surface area contributed by atoms with Crippen molar-refractivity contribution in [3.05, 3.63) is 36.1 Å². The van der Waals surface area contributed by atoms with E-state index in [-0.39, 0.29) is 17.9 Å². The summed E-state index contributed by atoms with van der Waals surface area (Å²) in [5, 5.41) is 3.98. The third-order valence-electron chi connectivity index (χ3n) is 5.15. The number of hydrogen-bond donors (Lipinski definition) is 0. The number of nitrogens with zero attached hydrogens (tertiary/aromatic N) is 5. The maximum absolute atomic E-state index is 13.2. The number of carbonyl (C=O) groups is 1. The highest BCUT2D eigenvalue weighted by Gasteiger charge is 2.37. The van der Waals surface area contributed by atoms with Crippen molar-refractivity contribution in [2.45, 2.75) is 38.6 Å². The van der Waals surface area contributed by atoms with Crippen LogP contribution in [0.4, 0.5) is 5.82 Å². The van der Waals surface area contributed by atoms with Crippen molar-refractivity contribution in [3.8, 4) is 0 Å². The van der Waals surface area contributed by atoms with E-state index in [4.69, 9.17) is 4.52 Å². The van der Waals surface area contributed by atoms with Crippen LogP contribution in [0.5, 0.6) is 0 Å². The molecule has 4 heterocycles. The van der Waals surface area contributed by atoms with E-state index in [2.05, 4.69) is 20.0 Å². The first kappa shape index (κ1) is 16.1. The molecule has 2 atom stereocenters. The van der Waals surface area contributed by atoms with Gasteiger partial charge >= 0.3 is 0 Å². The Labute approximate surface area is 147 Å². The SMILES string of the molecule is Cc1cc([C@@H]2CCCN2C(=O)[C@H]2CCCN(c3cnccn3)C2)on1. The number of anilines is 1. The van der Waals surface area contributed by atoms with Crippen molar-refractivity contribution >= 4 is 11.7 Å². The van der Waals surface area contributed by atoms with E-state index in [1.54, 1.807) is 18.6 Å². The zero-order valence-corrected chi connectivity index (χ0v) is 14.5. The fourth-order valence-corrected chi connectivity index (χ4v) is 3.94. The fourth-order valence-electron chi connectivity index (χ4n) is 3.94. The molecule has 2 fully saturated rings. The largest absolute Gasteiger partial charge is 0.359 e. The van der Waals surface area contributed by atoms with Crippen molar-refractivity contribution in [1.82, 2.24) is 20.0 Å². The highest BCUT2D eigenvalue weighted by molar-refractivity contribution is 5.80. The summed E-state index contributed by atoms with van der Waals surface area (Å²) in [6.07, 6.45) is 9.01. The normalized spacial score (nSPS) is 23.9. The van der Waals surface area contributed by atoms with Gasteiger partial charge in [-0.25, -0.2) is 4.98 Å². The molecule has 0 radical (unpaired) electrons. The van der Waals surface area contributed by atoms with Gasteiger partial charge in [-0.2, -0.15) is 0 Å². The third kappa shape index (κ3) is 3.23. The van der Waals surface area contributed by atoms with E-state index in [0.717, 1.165) is 56.0 Å². The third-order valence-corrected chi connectivity index (χ3v) is 5.15. The zero-order valence-electron chi connectivity index (χ0n) is 14.5. The predicted octanol–water partition coefficient (Wildman–Crippen LogP) is 2.35. The Hall–Kier alpha value is -2.44. The van der Waals surface area contributed by atoms with Crippen molar-refractivity contribution < 1.29 is 9.32 Å². The Kier molecular flexibility index (Phi) is 4.38. The van der Waals surface area contributed by atoms with Crippen LogP contribution in [0.3, 0.4) is 0 Å². The molecular weight excluding hydrogens is 318 g/mol. The molecule has 0 unspecified atom stereocenters. The molecule has 132 valence electrons. The predicted molar refractivity (Wildman–Crippen MR) is 91.9 cm³/mol. The number of likely N-dealkylation sites (tertiary alicyclic amines) is 1. The lowest BCUT2D eigenvalue weighted by atomic mass is 9.96. The molecule has 2 aliphatic rings. The van der Waals surface area contributed by atoms with Gasteiger partial charge in [0.25, 0.3) is 0 Å². The van der Waals surface area contributed by atoms with Crippen LogP contribution >= 0.6 is 0 Å². The Balaban J connectivity index is 1.48. The van der Waals surface area contributed by atoms with Gasteiger partial charge < -0.3 is 14.3 Å². The lowest BCUT2D eigenvalue weighted by Gasteiger charge is -2.35. The molecule has 1 amide bonds. The van der Waals surface area contributed by atoms with Crippen LogP contribution in [0.2, 0.25) is 0 Å². The Morgan fingerprint density at radius 2 is 2.12 bits per heavy atom. The number of carbonyl (C=O) groups excluding carboxylic acids is 1. The Bertz CT molecular complexity index is 732. The Morgan fingerprint density at radius 3 is 2.88 bits per heavy atom. The first-order valence-electron chi connectivity index (χ1n) is 8.97. The molecule has 0 bridgehead atoms. The minimum absolute atomic E-state index is 0.000347. The molecule has 2 aromatic rings. The zero-order chi connectivity index (χ0) is 17.2. The summed E-state index contributed by atoms with van der Waals surface area (Å²) in [4.78, 5) is 25.8. The van der Waals surface area contributed by atoms with Gasteiger partial charge in [0.05, 0.1) is 23.9 Å². The summed E-state index contributed by atoms with van der Waals surface area (Å²) in [6, 6.07) is 1.98. The quantitative estimate of drug-likeness (QED) is 0.853. The Morgan fingerprint density at radius 1 is 1.24 bits per heavy atom. The van der Waals surface area contributed by atoms with Gasteiger partial charge in [0.2, 0.25) is 5.91 Å². The molecule has 7 heteroatoms. The molecule has 25 heavy (non-hydrogen) atoms. The topological polar surface area (TPSA) is 75.4 Å². The minimum Gasteiger partial charge on any atom is -0.359 e. The average molecular weight is 341 g/mol. The summed E-state index contributed by atoms with van der Waals surface area (Å²) in [6.45, 7) is 4.34. The van der Waals surface area contributed by atoms with Gasteiger partial charge in [-0.15, -0.1) is 0 Å². The van der Waals surface area contributed by atoms with Crippen LogP contribution in [0.15, 0.2) is 29.2 Å². The van der Waals surface area contributed by atoms with E-state index >= 15 is 0 Å². The van der Waals surface area contributed by atoms with Crippen molar-refractivity contribution in [1.29, 1.82) is 0 Å². The lowest BCUT2D eigenvalue weighted by molar-refractivity contribution is -0.137. The van der Waals surface area contributed by atoms with Gasteiger partial charge in [-0.3, -0.25) is 9.78 Å². The van der Waals surface area contributed by atoms with Gasteiger partial charge in [0.1, 0.15) is 5.82 Å². The van der Waals surface area contributed by atoms with Crippen molar-refractivity contribution in [3.63, 3.8) is 0 Å². The van der Waals surface area contributed by atoms with E-state index in [1.165, 1.54) is 0 Å². The molecule has 2 aliphatic heterocycles. The summed E-state index contributed by atoms with van der Waals surface area (Å²) in [7, 11) is 0. The molecule has 4 rings (SSSR count). The second kappa shape index (κ2) is 6.82.